The molecule has 2 aromatic rings. The van der Waals surface area contributed by atoms with Gasteiger partial charge in [-0.15, -0.1) is 0 Å². The highest BCUT2D eigenvalue weighted by atomic mass is 79.9. The largest absolute Gasteiger partial charge is 0.313 e. The summed E-state index contributed by atoms with van der Waals surface area (Å²) in [5, 5.41) is 3.15. The fourth-order valence-corrected chi connectivity index (χ4v) is 2.44. The molecule has 19 heavy (non-hydrogen) atoms. The summed E-state index contributed by atoms with van der Waals surface area (Å²) in [6.45, 7) is 0. The molecule has 0 spiro atoms. The molecule has 0 saturated carbocycles. The summed E-state index contributed by atoms with van der Waals surface area (Å²) in [5.74, 6) is -0.534. The highest BCUT2D eigenvalue weighted by molar-refractivity contribution is 9.10. The van der Waals surface area contributed by atoms with E-state index < -0.39 is 0 Å². The Morgan fingerprint density at radius 1 is 1.16 bits per heavy atom. The molecular weight excluding hydrogens is 312 g/mol. The maximum absolute atomic E-state index is 13.2. The van der Waals surface area contributed by atoms with Gasteiger partial charge in [-0.05, 0) is 64.8 Å². The first kappa shape index (κ1) is 14.2. The predicted octanol–water partition coefficient (Wildman–Crippen LogP) is 4.23. The van der Waals surface area contributed by atoms with Crippen molar-refractivity contribution in [3.05, 3.63) is 69.7 Å². The van der Waals surface area contributed by atoms with Crippen molar-refractivity contribution in [2.24, 2.45) is 0 Å². The maximum Gasteiger partial charge on any atom is 0.137 e. The minimum Gasteiger partial charge on any atom is -0.313 e. The lowest BCUT2D eigenvalue weighted by molar-refractivity contribution is 0.575. The molecule has 1 nitrogen and oxygen atoms in total. The lowest BCUT2D eigenvalue weighted by Gasteiger charge is -2.17. The Morgan fingerprint density at radius 2 is 1.95 bits per heavy atom. The van der Waals surface area contributed by atoms with Gasteiger partial charge in [0.15, 0.2) is 0 Å². The van der Waals surface area contributed by atoms with Crippen LogP contribution in [0.1, 0.15) is 17.2 Å². The van der Waals surface area contributed by atoms with Crippen LogP contribution < -0.4 is 5.32 Å². The molecular formula is C15H14BrF2N. The number of benzene rings is 2. The van der Waals surface area contributed by atoms with E-state index in [0.717, 1.165) is 11.1 Å². The number of rotatable bonds is 4. The van der Waals surface area contributed by atoms with Crippen LogP contribution in [0.4, 0.5) is 8.78 Å². The molecule has 0 aromatic heterocycles. The van der Waals surface area contributed by atoms with Crippen molar-refractivity contribution >= 4 is 15.9 Å². The molecule has 2 aromatic carbocycles. The molecule has 0 saturated heterocycles. The summed E-state index contributed by atoms with van der Waals surface area (Å²) in [4.78, 5) is 0. The quantitative estimate of drug-likeness (QED) is 0.887. The Bertz CT molecular complexity index is 572. The molecule has 100 valence electrons. The van der Waals surface area contributed by atoms with Gasteiger partial charge in [0.1, 0.15) is 11.6 Å². The highest BCUT2D eigenvalue weighted by Crippen LogP contribution is 2.22. The first-order chi connectivity index (χ1) is 9.10. The number of halogens is 3. The van der Waals surface area contributed by atoms with Gasteiger partial charge in [0.25, 0.3) is 0 Å². The number of likely N-dealkylation sites (N-methyl/N-ethyl adjacent to an activating group) is 1. The van der Waals surface area contributed by atoms with E-state index in [1.54, 1.807) is 18.2 Å². The van der Waals surface area contributed by atoms with Crippen molar-refractivity contribution in [2.45, 2.75) is 12.5 Å². The van der Waals surface area contributed by atoms with Gasteiger partial charge in [0, 0.05) is 6.04 Å². The average Bonchev–Trinajstić information content (AvgIpc) is 2.40. The molecule has 0 fully saturated rings. The van der Waals surface area contributed by atoms with Gasteiger partial charge in [0.05, 0.1) is 4.47 Å². The summed E-state index contributed by atoms with van der Waals surface area (Å²) >= 11 is 3.17. The van der Waals surface area contributed by atoms with Crippen LogP contribution in [0.25, 0.3) is 0 Å². The lowest BCUT2D eigenvalue weighted by atomic mass is 9.99. The highest BCUT2D eigenvalue weighted by Gasteiger charge is 2.11. The van der Waals surface area contributed by atoms with Gasteiger partial charge in [0.2, 0.25) is 0 Å². The normalized spacial score (nSPS) is 12.4. The second-order valence-corrected chi connectivity index (χ2v) is 5.20. The first-order valence-corrected chi connectivity index (χ1v) is 6.76. The standard InChI is InChI=1S/C15H14BrF2N/c1-19-15(11-3-2-4-12(17)9-11)8-10-5-6-14(18)13(16)7-10/h2-7,9,15,19H,8H2,1H3. The summed E-state index contributed by atoms with van der Waals surface area (Å²) in [5.41, 5.74) is 1.86. The molecule has 0 aliphatic carbocycles. The van der Waals surface area contributed by atoms with E-state index in [1.165, 1.54) is 18.2 Å². The van der Waals surface area contributed by atoms with E-state index in [0.29, 0.717) is 10.9 Å². The van der Waals surface area contributed by atoms with Gasteiger partial charge < -0.3 is 5.32 Å². The van der Waals surface area contributed by atoms with Gasteiger partial charge >= 0.3 is 0 Å². The van der Waals surface area contributed by atoms with E-state index in [4.69, 9.17) is 0 Å². The summed E-state index contributed by atoms with van der Waals surface area (Å²) in [7, 11) is 1.83. The minimum atomic E-state index is -0.282. The van der Waals surface area contributed by atoms with E-state index in [-0.39, 0.29) is 17.7 Å². The molecule has 4 heteroatoms. The van der Waals surface area contributed by atoms with Gasteiger partial charge in [-0.25, -0.2) is 8.78 Å². The van der Waals surface area contributed by atoms with Crippen LogP contribution in [0.15, 0.2) is 46.9 Å². The van der Waals surface area contributed by atoms with Crippen LogP contribution in [-0.2, 0) is 6.42 Å². The van der Waals surface area contributed by atoms with Crippen LogP contribution >= 0.6 is 15.9 Å². The van der Waals surface area contributed by atoms with Crippen molar-refractivity contribution in [1.29, 1.82) is 0 Å². The summed E-state index contributed by atoms with van der Waals surface area (Å²) in [6.07, 6.45) is 0.666. The molecule has 1 unspecified atom stereocenters. The third kappa shape index (κ3) is 3.61. The fraction of sp³-hybridized carbons (Fsp3) is 0.200. The predicted molar refractivity (Wildman–Crippen MR) is 76.0 cm³/mol. The van der Waals surface area contributed by atoms with Gasteiger partial charge in [-0.2, -0.15) is 0 Å². The van der Waals surface area contributed by atoms with Crippen molar-refractivity contribution in [3.63, 3.8) is 0 Å². The monoisotopic (exact) mass is 325 g/mol. The topological polar surface area (TPSA) is 12.0 Å². The smallest absolute Gasteiger partial charge is 0.137 e. The van der Waals surface area contributed by atoms with Crippen molar-refractivity contribution < 1.29 is 8.78 Å². The number of hydrogen-bond donors (Lipinski definition) is 1. The molecule has 0 amide bonds. The molecule has 2 rings (SSSR count). The first-order valence-electron chi connectivity index (χ1n) is 5.97. The van der Waals surface area contributed by atoms with E-state index in [1.807, 2.05) is 13.1 Å². The average molecular weight is 326 g/mol. The second-order valence-electron chi connectivity index (χ2n) is 4.35. The zero-order valence-electron chi connectivity index (χ0n) is 10.5. The van der Waals surface area contributed by atoms with E-state index in [2.05, 4.69) is 21.2 Å². The van der Waals surface area contributed by atoms with Gasteiger partial charge in [-0.3, -0.25) is 0 Å². The molecule has 0 radical (unpaired) electrons. The van der Waals surface area contributed by atoms with Gasteiger partial charge in [-0.1, -0.05) is 18.2 Å². The SMILES string of the molecule is CNC(Cc1ccc(F)c(Br)c1)c1cccc(F)c1. The van der Waals surface area contributed by atoms with E-state index >= 15 is 0 Å². The zero-order valence-corrected chi connectivity index (χ0v) is 12.0. The van der Waals surface area contributed by atoms with Crippen molar-refractivity contribution in [1.82, 2.24) is 5.32 Å². The molecule has 1 N–H and O–H groups in total. The Morgan fingerprint density at radius 3 is 2.58 bits per heavy atom. The lowest BCUT2D eigenvalue weighted by Crippen LogP contribution is -2.19. The zero-order chi connectivity index (χ0) is 13.8. The Labute approximate surface area is 119 Å². The third-order valence-electron chi connectivity index (χ3n) is 3.02. The Kier molecular flexibility index (Phi) is 4.66. The van der Waals surface area contributed by atoms with Crippen LogP contribution in [0.2, 0.25) is 0 Å². The fourth-order valence-electron chi connectivity index (χ4n) is 2.01. The molecule has 0 aliphatic rings. The number of nitrogens with one attached hydrogen (secondary N) is 1. The summed E-state index contributed by atoms with van der Waals surface area (Å²) in [6, 6.07) is 11.4. The second kappa shape index (κ2) is 6.26. The van der Waals surface area contributed by atoms with E-state index in [9.17, 15) is 8.78 Å². The van der Waals surface area contributed by atoms with Crippen LogP contribution in [-0.4, -0.2) is 7.05 Å². The molecule has 0 bridgehead atoms. The molecule has 1 atom stereocenters. The Balaban J connectivity index is 2.21. The van der Waals surface area contributed by atoms with Crippen LogP contribution in [0, 0.1) is 11.6 Å². The number of hydrogen-bond acceptors (Lipinski definition) is 1. The third-order valence-corrected chi connectivity index (χ3v) is 3.63. The maximum atomic E-state index is 13.2. The Hall–Kier alpha value is -1.26. The minimum absolute atomic E-state index is 0.00642. The molecule has 0 heterocycles. The van der Waals surface area contributed by atoms with Crippen LogP contribution in [0.3, 0.4) is 0 Å². The van der Waals surface area contributed by atoms with Crippen molar-refractivity contribution in [2.75, 3.05) is 7.05 Å². The summed E-state index contributed by atoms with van der Waals surface area (Å²) < 4.78 is 26.9. The molecule has 0 aliphatic heterocycles. The van der Waals surface area contributed by atoms with Crippen LogP contribution in [0.5, 0.6) is 0 Å². The van der Waals surface area contributed by atoms with Crippen molar-refractivity contribution in [3.8, 4) is 0 Å².